The summed E-state index contributed by atoms with van der Waals surface area (Å²) in [5, 5.41) is 85.0. The number of amides is 9. The van der Waals surface area contributed by atoms with Gasteiger partial charge < -0.3 is 103 Å². The standard InChI is InChI=1S/C54H78N11O21P/c1-27(56)45(72)57-36(6-3-4-16-55)50(77)62-17-5-7-40(62)47(74)60-39(26-66)46(73)58-37(18-29-8-12-31(67)13-9-29)51(78)64-24-34(70)21-42(64)53(80)63-23-33(69)20-41(63)48(75)61-44(28(2)86-87(83,84)85)49(76)59-38(19-30-10-14-32(68)15-11-30)52(79)65-25-35(71)22-43(65)54(81)82/h8-15,27-28,33-44,66-71H,3-7,16-26,55-56H2,1-2H3,(H,57,72)(H,58,73)(H,59,76)(H,60,74)(H,61,75)(H,81,82)(H2,83,84,85)/t27-,28+,33+,34+,35+,36-,37-,38-,39-,40-,41-,42-,43-,44-/m0/s1. The van der Waals surface area contributed by atoms with E-state index >= 15 is 0 Å². The Morgan fingerprint density at radius 2 is 1.08 bits per heavy atom. The molecule has 33 heteroatoms. The predicted octanol–water partition coefficient (Wildman–Crippen LogP) is -5.77. The molecule has 2 aromatic rings. The van der Waals surface area contributed by atoms with Crippen LogP contribution in [0.5, 0.6) is 11.5 Å². The Kier molecular flexibility index (Phi) is 24.1. The molecular weight excluding hydrogens is 1170 g/mol. The minimum Gasteiger partial charge on any atom is -0.508 e. The van der Waals surface area contributed by atoms with Gasteiger partial charge in [-0.15, -0.1) is 0 Å². The third-order valence-electron chi connectivity index (χ3n) is 15.5. The van der Waals surface area contributed by atoms with E-state index in [9.17, 15) is 98.0 Å². The second-order valence-electron chi connectivity index (χ2n) is 22.2. The molecule has 480 valence electrons. The van der Waals surface area contributed by atoms with E-state index in [-0.39, 0.29) is 43.7 Å². The smallest absolute Gasteiger partial charge is 0.469 e. The summed E-state index contributed by atoms with van der Waals surface area (Å²) in [6.45, 7) is 0.203. The normalized spacial score (nSPS) is 23.6. The zero-order valence-corrected chi connectivity index (χ0v) is 48.7. The second kappa shape index (κ2) is 30.5. The van der Waals surface area contributed by atoms with Gasteiger partial charge in [0.25, 0.3) is 0 Å². The number of β-amino-alcohol motifs (C(OH)–C–C–N with tert-alkyl or cyclic N) is 3. The molecule has 0 unspecified atom stereocenters. The van der Waals surface area contributed by atoms with Crippen LogP contribution in [-0.4, -0.2) is 248 Å². The van der Waals surface area contributed by atoms with E-state index in [2.05, 4.69) is 26.6 Å². The first-order valence-electron chi connectivity index (χ1n) is 28.4. The second-order valence-corrected chi connectivity index (χ2v) is 23.4. The number of phenolic OH excluding ortho intramolecular Hbond substituents is 2. The summed E-state index contributed by atoms with van der Waals surface area (Å²) in [5.74, 6) is -10.6. The maximum atomic E-state index is 14.9. The van der Waals surface area contributed by atoms with Crippen LogP contribution in [0, 0.1) is 0 Å². The van der Waals surface area contributed by atoms with E-state index < -0.39 is 197 Å². The van der Waals surface area contributed by atoms with Crippen molar-refractivity contribution in [2.75, 3.05) is 39.3 Å². The van der Waals surface area contributed by atoms with Crippen LogP contribution in [0.3, 0.4) is 0 Å². The molecule has 0 radical (unpaired) electrons. The molecule has 32 nitrogen and oxygen atoms in total. The molecule has 0 aromatic heterocycles. The molecule has 0 aliphatic carbocycles. The van der Waals surface area contributed by atoms with E-state index in [0.717, 1.165) is 21.6 Å². The average Bonchev–Trinajstić information content (AvgIpc) is 1.81. The number of aromatic hydroxyl groups is 2. The number of aliphatic carboxylic acids is 1. The van der Waals surface area contributed by atoms with Crippen LogP contribution in [-0.2, 0) is 69.9 Å². The number of aliphatic hydroxyl groups is 4. The number of hydrogen-bond donors (Lipinski definition) is 16. The molecule has 18 N–H and O–H groups in total. The Morgan fingerprint density at radius 3 is 1.59 bits per heavy atom. The molecule has 0 saturated carbocycles. The zero-order valence-electron chi connectivity index (χ0n) is 47.8. The lowest BCUT2D eigenvalue weighted by Gasteiger charge is -2.34. The lowest BCUT2D eigenvalue weighted by atomic mass is 10.0. The van der Waals surface area contributed by atoms with Crippen LogP contribution < -0.4 is 38.1 Å². The molecule has 6 rings (SSSR count). The van der Waals surface area contributed by atoms with Crippen LogP contribution in [0.15, 0.2) is 48.5 Å². The van der Waals surface area contributed by atoms with Crippen molar-refractivity contribution < 1.29 is 103 Å². The maximum Gasteiger partial charge on any atom is 0.469 e. The molecule has 0 spiro atoms. The van der Waals surface area contributed by atoms with Crippen molar-refractivity contribution in [2.45, 2.75) is 163 Å². The number of unbranched alkanes of at least 4 members (excludes halogenated alkanes) is 1. The number of carboxylic acid groups (broad SMARTS) is 1. The minimum atomic E-state index is -5.48. The molecule has 4 aliphatic heterocycles. The number of nitrogens with two attached hydrogens (primary N) is 2. The van der Waals surface area contributed by atoms with E-state index in [0.29, 0.717) is 36.9 Å². The van der Waals surface area contributed by atoms with Crippen molar-refractivity contribution in [3.05, 3.63) is 59.7 Å². The fourth-order valence-electron chi connectivity index (χ4n) is 11.1. The number of likely N-dealkylation sites (tertiary alicyclic amines) is 4. The number of nitrogens with one attached hydrogen (secondary N) is 5. The number of rotatable bonds is 27. The van der Waals surface area contributed by atoms with Crippen LogP contribution in [0.25, 0.3) is 0 Å². The highest BCUT2D eigenvalue weighted by molar-refractivity contribution is 7.46. The highest BCUT2D eigenvalue weighted by atomic mass is 31.2. The molecule has 4 saturated heterocycles. The van der Waals surface area contributed by atoms with Crippen molar-refractivity contribution >= 4 is 67.0 Å². The van der Waals surface area contributed by atoms with Crippen molar-refractivity contribution in [2.24, 2.45) is 11.5 Å². The zero-order chi connectivity index (χ0) is 64.2. The highest BCUT2D eigenvalue weighted by Gasteiger charge is 2.50. The number of aliphatic hydroxyl groups excluding tert-OH is 4. The number of hydrogen-bond acceptors (Lipinski definition) is 20. The summed E-state index contributed by atoms with van der Waals surface area (Å²) < 4.78 is 17.0. The van der Waals surface area contributed by atoms with Crippen molar-refractivity contribution in [3.63, 3.8) is 0 Å². The molecule has 0 bridgehead atoms. The van der Waals surface area contributed by atoms with Gasteiger partial charge in [0.1, 0.15) is 65.9 Å². The predicted molar refractivity (Wildman–Crippen MR) is 300 cm³/mol. The Hall–Kier alpha value is -7.39. The highest BCUT2D eigenvalue weighted by Crippen LogP contribution is 2.38. The molecular formula is C54H78N11O21P. The lowest BCUT2D eigenvalue weighted by Crippen LogP contribution is -2.62. The fraction of sp³-hybridized carbons (Fsp3) is 0.593. The van der Waals surface area contributed by atoms with Gasteiger partial charge in [0, 0.05) is 58.3 Å². The van der Waals surface area contributed by atoms with Gasteiger partial charge in [0.15, 0.2) is 0 Å². The lowest BCUT2D eigenvalue weighted by molar-refractivity contribution is -0.149. The number of phenols is 2. The number of phosphoric acid groups is 1. The molecule has 14 atom stereocenters. The third kappa shape index (κ3) is 18.3. The average molecular weight is 1250 g/mol. The van der Waals surface area contributed by atoms with E-state index in [1.54, 1.807) is 0 Å². The van der Waals surface area contributed by atoms with Crippen LogP contribution in [0.4, 0.5) is 0 Å². The number of benzene rings is 2. The van der Waals surface area contributed by atoms with Crippen molar-refractivity contribution in [3.8, 4) is 11.5 Å². The van der Waals surface area contributed by atoms with Gasteiger partial charge in [-0.05, 0) is 87.9 Å². The quantitative estimate of drug-likeness (QED) is 0.0293. The number of nitrogens with zero attached hydrogens (tertiary/aromatic N) is 4. The fourth-order valence-corrected chi connectivity index (χ4v) is 11.6. The summed E-state index contributed by atoms with van der Waals surface area (Å²) in [7, 11) is -5.48. The maximum absolute atomic E-state index is 14.9. The Labute approximate surface area is 499 Å². The summed E-state index contributed by atoms with van der Waals surface area (Å²) in [5.41, 5.74) is 12.0. The van der Waals surface area contributed by atoms with Crippen molar-refractivity contribution in [1.82, 2.24) is 46.2 Å². The van der Waals surface area contributed by atoms with E-state index in [1.165, 1.54) is 60.4 Å². The summed E-state index contributed by atoms with van der Waals surface area (Å²) in [6.07, 6.45) is -6.54. The van der Waals surface area contributed by atoms with Crippen LogP contribution in [0.1, 0.15) is 76.3 Å². The van der Waals surface area contributed by atoms with Crippen LogP contribution in [0.2, 0.25) is 0 Å². The topological polar surface area (TPSA) is 504 Å². The third-order valence-corrected chi connectivity index (χ3v) is 16.1. The summed E-state index contributed by atoms with van der Waals surface area (Å²) >= 11 is 0. The summed E-state index contributed by atoms with van der Waals surface area (Å²) in [4.78, 5) is 163. The SMILES string of the molecule is C[C@H](N)C(=O)N[C@@H](CCCCN)C(=O)N1CCC[C@H]1C(=O)N[C@@H](CO)C(=O)N[C@@H](Cc1ccc(O)cc1)C(=O)N1C[C@H](O)C[C@H]1C(=O)N1C[C@H](O)C[C@H]1C(=O)N[C@H](C(=O)N[C@@H](Cc1ccc(O)cc1)C(=O)N1C[C@H](O)C[C@H]1C(=O)O)[C@@H](C)OP(=O)(O)O. The first-order valence-corrected chi connectivity index (χ1v) is 29.9. The number of carboxylic acids is 1. The van der Waals surface area contributed by atoms with Crippen LogP contribution >= 0.6 is 7.82 Å². The molecule has 9 amide bonds. The molecule has 87 heavy (non-hydrogen) atoms. The number of carbonyl (C=O) groups is 10. The minimum absolute atomic E-state index is 0.102. The molecule has 4 aliphatic rings. The Bertz CT molecular complexity index is 2870. The van der Waals surface area contributed by atoms with Gasteiger partial charge in [-0.2, -0.15) is 0 Å². The molecule has 2 aromatic carbocycles. The summed E-state index contributed by atoms with van der Waals surface area (Å²) in [6, 6.07) is -4.70. The molecule has 4 heterocycles. The van der Waals surface area contributed by atoms with E-state index in [1.807, 2.05) is 0 Å². The van der Waals surface area contributed by atoms with Gasteiger partial charge >= 0.3 is 13.8 Å². The van der Waals surface area contributed by atoms with Crippen molar-refractivity contribution in [1.29, 1.82) is 0 Å². The largest absolute Gasteiger partial charge is 0.508 e. The first kappa shape index (κ1) is 68.7. The van der Waals surface area contributed by atoms with E-state index in [4.69, 9.17) is 16.0 Å². The van der Waals surface area contributed by atoms with Gasteiger partial charge in [0.2, 0.25) is 53.2 Å². The monoisotopic (exact) mass is 1250 g/mol. The number of phosphoric ester groups is 1. The number of carbonyl (C=O) groups excluding carboxylic acids is 9. The van der Waals surface area contributed by atoms with Gasteiger partial charge in [-0.25, -0.2) is 9.36 Å². The Morgan fingerprint density at radius 1 is 0.609 bits per heavy atom. The van der Waals surface area contributed by atoms with Gasteiger partial charge in [0.05, 0.1) is 37.1 Å². The molecule has 4 fully saturated rings. The van der Waals surface area contributed by atoms with Gasteiger partial charge in [-0.3, -0.25) is 47.7 Å². The Balaban J connectivity index is 1.22. The van der Waals surface area contributed by atoms with Gasteiger partial charge in [-0.1, -0.05) is 24.3 Å². The first-order chi connectivity index (χ1) is 41.0.